The Morgan fingerprint density at radius 3 is 2.55 bits per heavy atom. The van der Waals surface area contributed by atoms with E-state index in [1.807, 2.05) is 0 Å². The number of phenolic OH excluding ortho intramolecular Hbond substituents is 1. The number of nitrogens with two attached hydrogens (primary N) is 2. The SMILES string of the molecule is NC(=S)c1ccc(N)cc1O. The van der Waals surface area contributed by atoms with Crippen molar-refractivity contribution in [3.05, 3.63) is 23.8 Å². The fourth-order valence-corrected chi connectivity index (χ4v) is 0.930. The van der Waals surface area contributed by atoms with Crippen LogP contribution in [0.25, 0.3) is 0 Å². The van der Waals surface area contributed by atoms with Gasteiger partial charge in [0.2, 0.25) is 0 Å². The van der Waals surface area contributed by atoms with Gasteiger partial charge in [-0.3, -0.25) is 0 Å². The minimum absolute atomic E-state index is 0.0255. The lowest BCUT2D eigenvalue weighted by atomic mass is 10.2. The molecular weight excluding hydrogens is 160 g/mol. The molecule has 0 bridgehead atoms. The summed E-state index contributed by atoms with van der Waals surface area (Å²) >= 11 is 4.67. The fourth-order valence-electron chi connectivity index (χ4n) is 0.757. The zero-order chi connectivity index (χ0) is 8.43. The maximum atomic E-state index is 9.21. The maximum Gasteiger partial charge on any atom is 0.127 e. The largest absolute Gasteiger partial charge is 0.507 e. The molecule has 0 fully saturated rings. The minimum atomic E-state index is 0.0255. The highest BCUT2D eigenvalue weighted by molar-refractivity contribution is 7.80. The van der Waals surface area contributed by atoms with Gasteiger partial charge in [-0.2, -0.15) is 0 Å². The molecule has 11 heavy (non-hydrogen) atoms. The minimum Gasteiger partial charge on any atom is -0.507 e. The van der Waals surface area contributed by atoms with Gasteiger partial charge in [-0.15, -0.1) is 0 Å². The summed E-state index contributed by atoms with van der Waals surface area (Å²) in [6.45, 7) is 0. The van der Waals surface area contributed by atoms with Crippen LogP contribution in [0.5, 0.6) is 5.75 Å². The van der Waals surface area contributed by atoms with Crippen LogP contribution < -0.4 is 11.5 Å². The van der Waals surface area contributed by atoms with Gasteiger partial charge in [0.1, 0.15) is 10.7 Å². The Hall–Kier alpha value is -1.29. The number of aromatic hydroxyl groups is 1. The predicted molar refractivity (Wildman–Crippen MR) is 48.4 cm³/mol. The Balaban J connectivity index is 3.20. The Kier molecular flexibility index (Phi) is 1.96. The predicted octanol–water partition coefficient (Wildman–Crippen LogP) is 0.609. The van der Waals surface area contributed by atoms with Gasteiger partial charge in [-0.1, -0.05) is 12.2 Å². The number of phenols is 1. The Labute approximate surface area is 69.6 Å². The van der Waals surface area contributed by atoms with Crippen molar-refractivity contribution >= 4 is 22.9 Å². The quantitative estimate of drug-likeness (QED) is 0.424. The molecule has 0 unspecified atom stereocenters. The first kappa shape index (κ1) is 7.81. The summed E-state index contributed by atoms with van der Waals surface area (Å²) in [6.07, 6.45) is 0. The van der Waals surface area contributed by atoms with E-state index in [4.69, 9.17) is 11.5 Å². The third-order valence-electron chi connectivity index (χ3n) is 1.29. The summed E-state index contributed by atoms with van der Waals surface area (Å²) in [6, 6.07) is 4.63. The van der Waals surface area contributed by atoms with Crippen LogP contribution in [-0.4, -0.2) is 10.1 Å². The number of thiocarbonyl (C=S) groups is 1. The van der Waals surface area contributed by atoms with E-state index in [1.54, 1.807) is 12.1 Å². The van der Waals surface area contributed by atoms with Crippen LogP contribution in [0.15, 0.2) is 18.2 Å². The molecule has 0 saturated heterocycles. The van der Waals surface area contributed by atoms with E-state index < -0.39 is 0 Å². The molecule has 0 aliphatic rings. The van der Waals surface area contributed by atoms with E-state index in [-0.39, 0.29) is 10.7 Å². The first-order chi connectivity index (χ1) is 5.11. The number of anilines is 1. The number of rotatable bonds is 1. The second-order valence-electron chi connectivity index (χ2n) is 2.14. The van der Waals surface area contributed by atoms with Gasteiger partial charge in [0.25, 0.3) is 0 Å². The second-order valence-corrected chi connectivity index (χ2v) is 2.58. The third-order valence-corrected chi connectivity index (χ3v) is 1.51. The van der Waals surface area contributed by atoms with E-state index in [0.29, 0.717) is 11.3 Å². The number of nitrogen functional groups attached to an aromatic ring is 1. The van der Waals surface area contributed by atoms with Crippen molar-refractivity contribution in [3.8, 4) is 5.75 Å². The normalized spacial score (nSPS) is 9.45. The molecule has 5 N–H and O–H groups in total. The van der Waals surface area contributed by atoms with E-state index in [0.717, 1.165) is 0 Å². The summed E-state index contributed by atoms with van der Waals surface area (Å²) < 4.78 is 0. The van der Waals surface area contributed by atoms with Crippen molar-refractivity contribution in [3.63, 3.8) is 0 Å². The van der Waals surface area contributed by atoms with Crippen LogP contribution in [0.3, 0.4) is 0 Å². The second kappa shape index (κ2) is 2.75. The fraction of sp³-hybridized carbons (Fsp3) is 0. The van der Waals surface area contributed by atoms with Gasteiger partial charge in [-0.05, 0) is 12.1 Å². The molecule has 0 atom stereocenters. The van der Waals surface area contributed by atoms with Crippen molar-refractivity contribution in [2.45, 2.75) is 0 Å². The molecule has 4 heteroatoms. The van der Waals surface area contributed by atoms with Crippen molar-refractivity contribution in [1.29, 1.82) is 0 Å². The van der Waals surface area contributed by atoms with Gasteiger partial charge in [0.15, 0.2) is 0 Å². The molecule has 0 saturated carbocycles. The van der Waals surface area contributed by atoms with Crippen molar-refractivity contribution in [2.75, 3.05) is 5.73 Å². The van der Waals surface area contributed by atoms with Gasteiger partial charge in [0, 0.05) is 11.8 Å². The van der Waals surface area contributed by atoms with Crippen LogP contribution in [-0.2, 0) is 0 Å². The Morgan fingerprint density at radius 1 is 1.45 bits per heavy atom. The summed E-state index contributed by atoms with van der Waals surface area (Å²) in [4.78, 5) is 0.169. The summed E-state index contributed by atoms with van der Waals surface area (Å²) in [5, 5.41) is 9.21. The molecule has 3 nitrogen and oxygen atoms in total. The van der Waals surface area contributed by atoms with Crippen molar-refractivity contribution < 1.29 is 5.11 Å². The molecule has 0 aliphatic heterocycles. The van der Waals surface area contributed by atoms with Crippen LogP contribution in [0.4, 0.5) is 5.69 Å². The molecule has 58 valence electrons. The molecule has 0 aliphatic carbocycles. The summed E-state index contributed by atoms with van der Waals surface area (Å²) in [7, 11) is 0. The average molecular weight is 168 g/mol. The van der Waals surface area contributed by atoms with Crippen LogP contribution in [0, 0.1) is 0 Å². The number of hydrogen-bond acceptors (Lipinski definition) is 3. The van der Waals surface area contributed by atoms with Crippen LogP contribution in [0.2, 0.25) is 0 Å². The van der Waals surface area contributed by atoms with Crippen molar-refractivity contribution in [2.24, 2.45) is 5.73 Å². The monoisotopic (exact) mass is 168 g/mol. The molecule has 1 rings (SSSR count). The van der Waals surface area contributed by atoms with E-state index in [2.05, 4.69) is 12.2 Å². The average Bonchev–Trinajstić information content (AvgIpc) is 1.85. The Morgan fingerprint density at radius 2 is 2.09 bits per heavy atom. The first-order valence-corrected chi connectivity index (χ1v) is 3.40. The highest BCUT2D eigenvalue weighted by Crippen LogP contribution is 2.19. The van der Waals surface area contributed by atoms with Crippen molar-refractivity contribution in [1.82, 2.24) is 0 Å². The molecule has 0 radical (unpaired) electrons. The lowest BCUT2D eigenvalue weighted by Crippen LogP contribution is -2.09. The molecule has 0 aromatic heterocycles. The summed E-state index contributed by atoms with van der Waals surface area (Å²) in [5.41, 5.74) is 11.6. The van der Waals surface area contributed by atoms with Gasteiger partial charge >= 0.3 is 0 Å². The zero-order valence-electron chi connectivity index (χ0n) is 5.74. The lowest BCUT2D eigenvalue weighted by molar-refractivity contribution is 0.474. The van der Waals surface area contributed by atoms with E-state index in [1.165, 1.54) is 6.07 Å². The van der Waals surface area contributed by atoms with Crippen LogP contribution in [0.1, 0.15) is 5.56 Å². The molecular formula is C7H8N2OS. The number of benzene rings is 1. The van der Waals surface area contributed by atoms with Gasteiger partial charge in [0.05, 0.1) is 5.56 Å². The first-order valence-electron chi connectivity index (χ1n) is 2.99. The van der Waals surface area contributed by atoms with E-state index in [9.17, 15) is 5.11 Å². The number of hydrogen-bond donors (Lipinski definition) is 3. The highest BCUT2D eigenvalue weighted by atomic mass is 32.1. The highest BCUT2D eigenvalue weighted by Gasteiger charge is 2.02. The molecule has 1 aromatic rings. The topological polar surface area (TPSA) is 72.3 Å². The maximum absolute atomic E-state index is 9.21. The van der Waals surface area contributed by atoms with Crippen LogP contribution >= 0.6 is 12.2 Å². The third kappa shape index (κ3) is 1.59. The molecule has 1 aromatic carbocycles. The zero-order valence-corrected chi connectivity index (χ0v) is 6.56. The Bertz CT molecular complexity index is 298. The van der Waals surface area contributed by atoms with Gasteiger partial charge < -0.3 is 16.6 Å². The van der Waals surface area contributed by atoms with E-state index >= 15 is 0 Å². The molecule has 0 amide bonds. The molecule has 0 spiro atoms. The lowest BCUT2D eigenvalue weighted by Gasteiger charge is -2.01. The summed E-state index contributed by atoms with van der Waals surface area (Å²) in [5.74, 6) is 0.0255. The smallest absolute Gasteiger partial charge is 0.127 e. The standard InChI is InChI=1S/C7H8N2OS/c8-4-1-2-5(7(9)11)6(10)3-4/h1-3,10H,8H2,(H2,9,11). The van der Waals surface area contributed by atoms with Gasteiger partial charge in [-0.25, -0.2) is 0 Å². The molecule has 0 heterocycles.